The number of carbonyl (C=O) groups excluding carboxylic acids is 2. The van der Waals surface area contributed by atoms with Crippen LogP contribution in [0, 0.1) is 5.41 Å². The Bertz CT molecular complexity index is 356. The zero-order valence-corrected chi connectivity index (χ0v) is 12.4. The highest BCUT2D eigenvalue weighted by molar-refractivity contribution is 5.78. The molecule has 2 N–H and O–H groups in total. The Balaban J connectivity index is 2.62. The van der Waals surface area contributed by atoms with Gasteiger partial charge >= 0.3 is 12.1 Å². The Morgan fingerprint density at radius 1 is 1.37 bits per heavy atom. The summed E-state index contributed by atoms with van der Waals surface area (Å²) < 4.78 is 9.95. The van der Waals surface area contributed by atoms with Crippen LogP contribution in [0.1, 0.15) is 34.1 Å². The molecular weight excluding hydrogens is 248 g/mol. The maximum atomic E-state index is 11.9. The van der Waals surface area contributed by atoms with Gasteiger partial charge in [0.1, 0.15) is 11.6 Å². The highest BCUT2D eigenvalue weighted by Crippen LogP contribution is 2.37. The lowest BCUT2D eigenvalue weighted by Crippen LogP contribution is -2.67. The van der Waals surface area contributed by atoms with Gasteiger partial charge in [-0.15, -0.1) is 0 Å². The summed E-state index contributed by atoms with van der Waals surface area (Å²) in [5.41, 5.74) is 4.99. The fourth-order valence-corrected chi connectivity index (χ4v) is 2.19. The minimum absolute atomic E-state index is 0.367. The number of amides is 1. The predicted molar refractivity (Wildman–Crippen MR) is 70.5 cm³/mol. The Hall–Kier alpha value is -1.30. The summed E-state index contributed by atoms with van der Waals surface area (Å²) in [7, 11) is 1.32. The van der Waals surface area contributed by atoms with Crippen molar-refractivity contribution in [2.75, 3.05) is 20.2 Å². The van der Waals surface area contributed by atoms with Crippen molar-refractivity contribution in [3.05, 3.63) is 0 Å². The molecule has 0 aromatic rings. The van der Waals surface area contributed by atoms with Crippen LogP contribution < -0.4 is 5.73 Å². The lowest BCUT2D eigenvalue weighted by Gasteiger charge is -2.51. The summed E-state index contributed by atoms with van der Waals surface area (Å²) in [4.78, 5) is 25.0. The fraction of sp³-hybridized carbons (Fsp3) is 0.846. The van der Waals surface area contributed by atoms with E-state index in [1.165, 1.54) is 7.11 Å². The molecular formula is C13H24N2O4. The molecule has 0 aliphatic carbocycles. The maximum absolute atomic E-state index is 11.9. The number of hydrogen-bond donors (Lipinski definition) is 1. The van der Waals surface area contributed by atoms with Crippen LogP contribution in [-0.2, 0) is 14.3 Å². The number of hydrogen-bond acceptors (Lipinski definition) is 5. The smallest absolute Gasteiger partial charge is 0.410 e. The lowest BCUT2D eigenvalue weighted by molar-refractivity contribution is -0.150. The number of esters is 1. The van der Waals surface area contributed by atoms with Crippen molar-refractivity contribution in [3.8, 4) is 0 Å². The molecule has 0 radical (unpaired) electrons. The first-order chi connectivity index (χ1) is 8.65. The quantitative estimate of drug-likeness (QED) is 0.779. The van der Waals surface area contributed by atoms with Gasteiger partial charge in [-0.25, -0.2) is 4.79 Å². The SMILES string of the molecule is CCC1(C(N)C(=O)OC)CN(C(=O)OC(C)(C)C)C1. The van der Waals surface area contributed by atoms with Crippen molar-refractivity contribution in [1.82, 2.24) is 4.90 Å². The molecule has 1 heterocycles. The number of carbonyl (C=O) groups is 2. The fourth-order valence-electron chi connectivity index (χ4n) is 2.19. The van der Waals surface area contributed by atoms with Gasteiger partial charge in [-0.1, -0.05) is 6.92 Å². The van der Waals surface area contributed by atoms with Crippen LogP contribution in [0.5, 0.6) is 0 Å². The van der Waals surface area contributed by atoms with E-state index in [9.17, 15) is 9.59 Å². The summed E-state index contributed by atoms with van der Waals surface area (Å²) in [5.74, 6) is -0.439. The molecule has 0 aromatic carbocycles. The Morgan fingerprint density at radius 3 is 2.26 bits per heavy atom. The number of rotatable bonds is 3. The van der Waals surface area contributed by atoms with Crippen molar-refractivity contribution in [3.63, 3.8) is 0 Å². The predicted octanol–water partition coefficient (Wildman–Crippen LogP) is 1.13. The second-order valence-corrected chi connectivity index (χ2v) is 6.05. The standard InChI is InChI=1S/C13H24N2O4/c1-6-13(9(14)10(16)18-5)7-15(8-13)11(17)19-12(2,3)4/h9H,6-8,14H2,1-5H3. The Morgan fingerprint density at radius 2 is 1.89 bits per heavy atom. The minimum atomic E-state index is -0.707. The van der Waals surface area contributed by atoms with E-state index >= 15 is 0 Å². The molecule has 19 heavy (non-hydrogen) atoms. The van der Waals surface area contributed by atoms with Crippen LogP contribution in [0.15, 0.2) is 0 Å². The van der Waals surface area contributed by atoms with Gasteiger partial charge in [0.05, 0.1) is 7.11 Å². The monoisotopic (exact) mass is 272 g/mol. The number of ether oxygens (including phenoxy) is 2. The lowest BCUT2D eigenvalue weighted by atomic mass is 9.71. The molecule has 1 aliphatic heterocycles. The van der Waals surface area contributed by atoms with Gasteiger partial charge in [-0.2, -0.15) is 0 Å². The van der Waals surface area contributed by atoms with Crippen LogP contribution >= 0.6 is 0 Å². The molecule has 6 nitrogen and oxygen atoms in total. The van der Waals surface area contributed by atoms with Crippen LogP contribution in [0.4, 0.5) is 4.79 Å². The number of methoxy groups -OCH3 is 1. The molecule has 1 saturated heterocycles. The molecule has 0 aromatic heterocycles. The Kier molecular flexibility index (Phi) is 4.45. The molecule has 0 spiro atoms. The third kappa shape index (κ3) is 3.37. The molecule has 1 amide bonds. The van der Waals surface area contributed by atoms with Gasteiger partial charge in [-0.05, 0) is 27.2 Å². The van der Waals surface area contributed by atoms with E-state index in [2.05, 4.69) is 4.74 Å². The average molecular weight is 272 g/mol. The molecule has 1 aliphatic rings. The van der Waals surface area contributed by atoms with Crippen LogP contribution in [0.25, 0.3) is 0 Å². The third-order valence-corrected chi connectivity index (χ3v) is 3.48. The largest absolute Gasteiger partial charge is 0.468 e. The Labute approximate surface area is 114 Å². The molecule has 1 unspecified atom stereocenters. The number of nitrogens with two attached hydrogens (primary N) is 1. The van der Waals surface area contributed by atoms with Gasteiger partial charge in [0, 0.05) is 18.5 Å². The molecule has 0 bridgehead atoms. The summed E-state index contributed by atoms with van der Waals surface area (Å²) in [6, 6.07) is -0.707. The van der Waals surface area contributed by atoms with E-state index < -0.39 is 23.0 Å². The van der Waals surface area contributed by atoms with Crippen molar-refractivity contribution in [2.24, 2.45) is 11.1 Å². The summed E-state index contributed by atoms with van der Waals surface area (Å²) in [5, 5.41) is 0. The van der Waals surface area contributed by atoms with Crippen molar-refractivity contribution < 1.29 is 19.1 Å². The summed E-state index contributed by atoms with van der Waals surface area (Å²) >= 11 is 0. The second kappa shape index (κ2) is 5.36. The van der Waals surface area contributed by atoms with Crippen LogP contribution in [0.3, 0.4) is 0 Å². The number of likely N-dealkylation sites (tertiary alicyclic amines) is 1. The summed E-state index contributed by atoms with van der Waals surface area (Å²) in [6.07, 6.45) is 0.344. The maximum Gasteiger partial charge on any atom is 0.410 e. The van der Waals surface area contributed by atoms with Gasteiger partial charge in [0.2, 0.25) is 0 Å². The van der Waals surface area contributed by atoms with Crippen molar-refractivity contribution >= 4 is 12.1 Å². The zero-order valence-electron chi connectivity index (χ0n) is 12.4. The van der Waals surface area contributed by atoms with Gasteiger partial charge in [0.15, 0.2) is 0 Å². The molecule has 1 fully saturated rings. The van der Waals surface area contributed by atoms with Crippen molar-refractivity contribution in [2.45, 2.75) is 45.8 Å². The molecule has 1 atom stereocenters. The zero-order chi connectivity index (χ0) is 14.8. The number of nitrogens with zero attached hydrogens (tertiary/aromatic N) is 1. The van der Waals surface area contributed by atoms with E-state index in [0.717, 1.165) is 0 Å². The average Bonchev–Trinajstić information content (AvgIpc) is 2.24. The summed E-state index contributed by atoms with van der Waals surface area (Å²) in [6.45, 7) is 8.26. The van der Waals surface area contributed by atoms with E-state index in [4.69, 9.17) is 10.5 Å². The highest BCUT2D eigenvalue weighted by atomic mass is 16.6. The third-order valence-electron chi connectivity index (χ3n) is 3.48. The normalized spacial score (nSPS) is 19.4. The van der Waals surface area contributed by atoms with E-state index in [0.29, 0.717) is 19.5 Å². The first kappa shape index (κ1) is 15.8. The molecule has 1 rings (SSSR count). The molecule has 6 heteroatoms. The van der Waals surface area contributed by atoms with E-state index in [1.807, 2.05) is 27.7 Å². The van der Waals surface area contributed by atoms with Gasteiger partial charge < -0.3 is 20.1 Å². The molecule has 110 valence electrons. The highest BCUT2D eigenvalue weighted by Gasteiger charge is 2.51. The van der Waals surface area contributed by atoms with Gasteiger partial charge in [-0.3, -0.25) is 4.79 Å². The molecule has 0 saturated carbocycles. The minimum Gasteiger partial charge on any atom is -0.468 e. The van der Waals surface area contributed by atoms with Gasteiger partial charge in [0.25, 0.3) is 0 Å². The van der Waals surface area contributed by atoms with Crippen molar-refractivity contribution in [1.29, 1.82) is 0 Å². The van der Waals surface area contributed by atoms with Crippen LogP contribution in [-0.4, -0.2) is 48.8 Å². The van der Waals surface area contributed by atoms with Crippen LogP contribution in [0.2, 0.25) is 0 Å². The first-order valence-electron chi connectivity index (χ1n) is 6.46. The second-order valence-electron chi connectivity index (χ2n) is 6.05. The first-order valence-corrected chi connectivity index (χ1v) is 6.46. The van der Waals surface area contributed by atoms with E-state index in [-0.39, 0.29) is 6.09 Å². The van der Waals surface area contributed by atoms with E-state index in [1.54, 1.807) is 4.90 Å². The topological polar surface area (TPSA) is 81.9 Å².